The summed E-state index contributed by atoms with van der Waals surface area (Å²) in [7, 11) is 0. The van der Waals surface area contributed by atoms with E-state index in [0.717, 1.165) is 24.8 Å². The minimum atomic E-state index is -0.291. The molecule has 7 nitrogen and oxygen atoms in total. The number of hydrogen-bond acceptors (Lipinski definition) is 4. The van der Waals surface area contributed by atoms with Gasteiger partial charge in [-0.05, 0) is 43.7 Å². The van der Waals surface area contributed by atoms with Crippen molar-refractivity contribution in [2.24, 2.45) is 11.7 Å². The number of nitrogens with two attached hydrogens (primary N) is 1. The molecule has 0 unspecified atom stereocenters. The maximum absolute atomic E-state index is 12.2. The van der Waals surface area contributed by atoms with E-state index < -0.39 is 0 Å². The average molecular weight is 376 g/mol. The monoisotopic (exact) mass is 375 g/mol. The quantitative estimate of drug-likeness (QED) is 0.745. The second-order valence-electron chi connectivity index (χ2n) is 6.42. The average Bonchev–Trinajstić information content (AvgIpc) is 2.64. The first-order valence-electron chi connectivity index (χ1n) is 8.64. The first-order chi connectivity index (χ1) is 12.5. The number of hydrogen-bond donors (Lipinski definition) is 3. The molecule has 1 atom stereocenters. The number of primary amides is 1. The van der Waals surface area contributed by atoms with Crippen LogP contribution >= 0.6 is 11.6 Å². The van der Waals surface area contributed by atoms with Gasteiger partial charge in [0.25, 0.3) is 0 Å². The minimum absolute atomic E-state index is 0.0921. The molecule has 3 rings (SSSR count). The summed E-state index contributed by atoms with van der Waals surface area (Å²) in [6, 6.07) is 6.84. The molecule has 26 heavy (non-hydrogen) atoms. The third-order valence-corrected chi connectivity index (χ3v) is 4.90. The summed E-state index contributed by atoms with van der Waals surface area (Å²) in [6.45, 7) is 2.74. The van der Waals surface area contributed by atoms with Gasteiger partial charge >= 0.3 is 6.03 Å². The number of halogens is 1. The second-order valence-corrected chi connectivity index (χ2v) is 6.82. The van der Waals surface area contributed by atoms with Crippen LogP contribution in [0.2, 0.25) is 5.02 Å². The van der Waals surface area contributed by atoms with E-state index in [2.05, 4.69) is 20.5 Å². The number of nitrogens with one attached hydrogen (secondary N) is 2. The smallest absolute Gasteiger partial charge is 0.319 e. The number of amides is 3. The first-order valence-corrected chi connectivity index (χ1v) is 9.02. The Morgan fingerprint density at radius 3 is 3.00 bits per heavy atom. The molecule has 138 valence electrons. The van der Waals surface area contributed by atoms with Gasteiger partial charge in [-0.2, -0.15) is 0 Å². The summed E-state index contributed by atoms with van der Waals surface area (Å²) in [6.07, 6.45) is 3.46. The highest BCUT2D eigenvalue weighted by Crippen LogP contribution is 2.27. The number of nitrogens with zero attached hydrogens (tertiary/aromatic N) is 2. The molecule has 8 heteroatoms. The zero-order valence-electron chi connectivity index (χ0n) is 14.4. The molecule has 0 radical (unpaired) electrons. The number of anilines is 1. The normalized spacial score (nSPS) is 17.8. The van der Waals surface area contributed by atoms with Gasteiger partial charge in [-0.1, -0.05) is 11.6 Å². The van der Waals surface area contributed by atoms with Gasteiger partial charge in [0.1, 0.15) is 0 Å². The van der Waals surface area contributed by atoms with E-state index >= 15 is 0 Å². The summed E-state index contributed by atoms with van der Waals surface area (Å²) in [4.78, 5) is 29.9. The number of pyridine rings is 1. The van der Waals surface area contributed by atoms with Crippen molar-refractivity contribution in [1.29, 1.82) is 0 Å². The van der Waals surface area contributed by atoms with Crippen LogP contribution < -0.4 is 16.4 Å². The standard InChI is InChI=1S/C18H22ClN5O2/c19-14-5-6-15(13-4-1-7-21-16(13)14)23-18(26)22-8-10-24-9-2-3-12(11-24)17(20)25/h1,4-7,12H,2-3,8-11H2,(H2,20,25)(H2,22,23,26)/t12-/m0/s1. The predicted octanol–water partition coefficient (Wildman–Crippen LogP) is 2.21. The van der Waals surface area contributed by atoms with Gasteiger partial charge < -0.3 is 21.3 Å². The largest absolute Gasteiger partial charge is 0.369 e. The van der Waals surface area contributed by atoms with Gasteiger partial charge in [0.05, 0.1) is 22.1 Å². The molecule has 0 bridgehead atoms. The van der Waals surface area contributed by atoms with Gasteiger partial charge in [-0.25, -0.2) is 4.79 Å². The summed E-state index contributed by atoms with van der Waals surface area (Å²) >= 11 is 6.14. The van der Waals surface area contributed by atoms with E-state index in [1.54, 1.807) is 24.4 Å². The van der Waals surface area contributed by atoms with Gasteiger partial charge in [0.15, 0.2) is 0 Å². The molecule has 1 aliphatic heterocycles. The Bertz CT molecular complexity index is 813. The number of carbonyl (C=O) groups excluding carboxylic acids is 2. The van der Waals surface area contributed by atoms with Crippen molar-refractivity contribution in [3.8, 4) is 0 Å². The Balaban J connectivity index is 1.52. The number of likely N-dealkylation sites (tertiary alicyclic amines) is 1. The fourth-order valence-corrected chi connectivity index (χ4v) is 3.45. The maximum Gasteiger partial charge on any atom is 0.319 e. The molecule has 2 aromatic rings. The Kier molecular flexibility index (Phi) is 5.90. The van der Waals surface area contributed by atoms with Crippen LogP contribution in [0.3, 0.4) is 0 Å². The van der Waals surface area contributed by atoms with Gasteiger partial charge in [0, 0.05) is 31.2 Å². The van der Waals surface area contributed by atoms with Crippen molar-refractivity contribution in [1.82, 2.24) is 15.2 Å². The van der Waals surface area contributed by atoms with Crippen LogP contribution in [0.4, 0.5) is 10.5 Å². The molecule has 1 fully saturated rings. The molecule has 1 aromatic heterocycles. The van der Waals surface area contributed by atoms with Crippen molar-refractivity contribution >= 4 is 40.1 Å². The van der Waals surface area contributed by atoms with Crippen molar-refractivity contribution in [2.75, 3.05) is 31.5 Å². The number of rotatable bonds is 5. The summed E-state index contributed by atoms with van der Waals surface area (Å²) in [5, 5.41) is 7.01. The highest BCUT2D eigenvalue weighted by Gasteiger charge is 2.23. The Labute approximate surface area is 156 Å². The van der Waals surface area contributed by atoms with E-state index in [1.807, 2.05) is 6.07 Å². The van der Waals surface area contributed by atoms with Crippen molar-refractivity contribution in [3.05, 3.63) is 35.5 Å². The van der Waals surface area contributed by atoms with E-state index in [0.29, 0.717) is 35.9 Å². The van der Waals surface area contributed by atoms with Crippen molar-refractivity contribution < 1.29 is 9.59 Å². The summed E-state index contributed by atoms with van der Waals surface area (Å²) in [5.41, 5.74) is 6.69. The highest BCUT2D eigenvalue weighted by atomic mass is 35.5. The zero-order valence-corrected chi connectivity index (χ0v) is 15.1. The lowest BCUT2D eigenvalue weighted by Crippen LogP contribution is -2.44. The molecular formula is C18H22ClN5O2. The topological polar surface area (TPSA) is 100 Å². The molecule has 0 aliphatic carbocycles. The third kappa shape index (κ3) is 4.42. The third-order valence-electron chi connectivity index (χ3n) is 4.59. The van der Waals surface area contributed by atoms with Crippen LogP contribution in [0.15, 0.2) is 30.5 Å². The zero-order chi connectivity index (χ0) is 18.5. The number of aromatic nitrogens is 1. The van der Waals surface area contributed by atoms with Crippen LogP contribution in [0, 0.1) is 5.92 Å². The lowest BCUT2D eigenvalue weighted by molar-refractivity contribution is -0.123. The molecule has 0 spiro atoms. The lowest BCUT2D eigenvalue weighted by Gasteiger charge is -2.31. The molecule has 3 amide bonds. The lowest BCUT2D eigenvalue weighted by atomic mass is 9.97. The SMILES string of the molecule is NC(=O)[C@H]1CCCN(CCNC(=O)Nc2ccc(Cl)c3ncccc23)C1. The molecular weight excluding hydrogens is 354 g/mol. The molecule has 0 saturated carbocycles. The van der Waals surface area contributed by atoms with Crippen LogP contribution in [-0.2, 0) is 4.79 Å². The number of piperidine rings is 1. The summed E-state index contributed by atoms with van der Waals surface area (Å²) < 4.78 is 0. The molecule has 4 N–H and O–H groups in total. The van der Waals surface area contributed by atoms with Crippen LogP contribution in [-0.4, -0.2) is 48.0 Å². The molecule has 2 heterocycles. The van der Waals surface area contributed by atoms with Crippen molar-refractivity contribution in [2.45, 2.75) is 12.8 Å². The molecule has 1 aliphatic rings. The van der Waals surface area contributed by atoms with Gasteiger partial charge in [0.2, 0.25) is 5.91 Å². The fraction of sp³-hybridized carbons (Fsp3) is 0.389. The maximum atomic E-state index is 12.2. The number of fused-ring (bicyclic) bond motifs is 1. The minimum Gasteiger partial charge on any atom is -0.369 e. The predicted molar refractivity (Wildman–Crippen MR) is 102 cm³/mol. The van der Waals surface area contributed by atoms with Crippen molar-refractivity contribution in [3.63, 3.8) is 0 Å². The molecule has 1 aromatic carbocycles. The van der Waals surface area contributed by atoms with E-state index in [4.69, 9.17) is 17.3 Å². The van der Waals surface area contributed by atoms with Gasteiger partial charge in [-0.15, -0.1) is 0 Å². The first kappa shape index (κ1) is 18.4. The Morgan fingerprint density at radius 1 is 1.35 bits per heavy atom. The highest BCUT2D eigenvalue weighted by molar-refractivity contribution is 6.35. The van der Waals surface area contributed by atoms with Gasteiger partial charge in [-0.3, -0.25) is 9.78 Å². The van der Waals surface area contributed by atoms with Crippen LogP contribution in [0.5, 0.6) is 0 Å². The van der Waals surface area contributed by atoms with E-state index in [9.17, 15) is 9.59 Å². The van der Waals surface area contributed by atoms with Crippen LogP contribution in [0.1, 0.15) is 12.8 Å². The second kappa shape index (κ2) is 8.33. The van der Waals surface area contributed by atoms with Crippen LogP contribution in [0.25, 0.3) is 10.9 Å². The molecule has 1 saturated heterocycles. The number of urea groups is 1. The van der Waals surface area contributed by atoms with E-state index in [-0.39, 0.29) is 17.9 Å². The Morgan fingerprint density at radius 2 is 2.19 bits per heavy atom. The summed E-state index contributed by atoms with van der Waals surface area (Å²) in [5.74, 6) is -0.339. The fourth-order valence-electron chi connectivity index (χ4n) is 3.23. The number of benzene rings is 1. The Hall–Kier alpha value is -2.38. The number of carbonyl (C=O) groups is 2. The van der Waals surface area contributed by atoms with E-state index in [1.165, 1.54) is 0 Å².